The van der Waals surface area contributed by atoms with Crippen LogP contribution in [0.1, 0.15) is 226 Å². The molecule has 0 aliphatic heterocycles. The lowest BCUT2D eigenvalue weighted by Gasteiger charge is -2.18. The van der Waals surface area contributed by atoms with Crippen molar-refractivity contribution in [2.45, 2.75) is 232 Å². The molecule has 0 rings (SSSR count). The third kappa shape index (κ3) is 61.2. The van der Waals surface area contributed by atoms with E-state index in [-0.39, 0.29) is 37.5 Å². The lowest BCUT2D eigenvalue weighted by Crippen LogP contribution is -2.30. The number of unbranched alkanes of at least 4 members (excludes halogenated alkanes) is 11. The molecule has 0 fully saturated rings. The number of allylic oxidation sites excluding steroid dienone is 30. The molecule has 0 radical (unpaired) electrons. The fourth-order valence-corrected chi connectivity index (χ4v) is 7.44. The van der Waals surface area contributed by atoms with Crippen LogP contribution < -0.4 is 0 Å². The number of ether oxygens (including phenoxy) is 3. The topological polar surface area (TPSA) is 78.9 Å². The van der Waals surface area contributed by atoms with Gasteiger partial charge in [-0.05, 0) is 141 Å². The molecule has 1 atom stereocenters. The smallest absolute Gasteiger partial charge is 0.306 e. The lowest BCUT2D eigenvalue weighted by molar-refractivity contribution is -0.167. The number of rotatable bonds is 52. The number of esters is 3. The molecule has 0 heterocycles. The van der Waals surface area contributed by atoms with Crippen molar-refractivity contribution in [3.05, 3.63) is 182 Å². The Labute approximate surface area is 472 Å². The highest BCUT2D eigenvalue weighted by molar-refractivity contribution is 5.71. The highest BCUT2D eigenvalue weighted by Crippen LogP contribution is 2.12. The van der Waals surface area contributed by atoms with Crippen LogP contribution >= 0.6 is 0 Å². The molecule has 1 unspecified atom stereocenters. The first kappa shape index (κ1) is 71.5. The highest BCUT2D eigenvalue weighted by Gasteiger charge is 2.19. The third-order valence-corrected chi connectivity index (χ3v) is 11.9. The Hall–Kier alpha value is -5.49. The second-order valence-electron chi connectivity index (χ2n) is 19.1. The molecular weight excluding hydrogens is 949 g/mol. The summed E-state index contributed by atoms with van der Waals surface area (Å²) in [6, 6.07) is 0. The maximum absolute atomic E-state index is 12.8. The van der Waals surface area contributed by atoms with Crippen molar-refractivity contribution in [1.82, 2.24) is 0 Å². The van der Waals surface area contributed by atoms with Gasteiger partial charge in [0.15, 0.2) is 6.10 Å². The van der Waals surface area contributed by atoms with Crippen molar-refractivity contribution in [1.29, 1.82) is 0 Å². The largest absolute Gasteiger partial charge is 0.462 e. The minimum atomic E-state index is -0.823. The first-order valence-electron chi connectivity index (χ1n) is 30.3. The molecule has 0 aliphatic carbocycles. The summed E-state index contributed by atoms with van der Waals surface area (Å²) in [5.74, 6) is -1.01. The van der Waals surface area contributed by atoms with E-state index in [1.807, 2.05) is 0 Å². The van der Waals surface area contributed by atoms with E-state index < -0.39 is 6.10 Å². The van der Waals surface area contributed by atoms with E-state index in [0.29, 0.717) is 19.3 Å². The molecule has 0 aromatic carbocycles. The number of carbonyl (C=O) groups excluding carboxylic acids is 3. The molecule has 77 heavy (non-hydrogen) atoms. The summed E-state index contributed by atoms with van der Waals surface area (Å²) in [6.07, 6.45) is 94.9. The third-order valence-electron chi connectivity index (χ3n) is 11.9. The Bertz CT molecular complexity index is 1840. The molecule has 0 aliphatic rings. The van der Waals surface area contributed by atoms with E-state index in [2.05, 4.69) is 203 Å². The first-order chi connectivity index (χ1) is 38.0. The zero-order chi connectivity index (χ0) is 55.7. The maximum Gasteiger partial charge on any atom is 0.306 e. The Morgan fingerprint density at radius 2 is 0.506 bits per heavy atom. The van der Waals surface area contributed by atoms with E-state index in [1.54, 1.807) is 0 Å². The van der Waals surface area contributed by atoms with Gasteiger partial charge in [0.2, 0.25) is 0 Å². The van der Waals surface area contributed by atoms with Crippen LogP contribution in [0, 0.1) is 0 Å². The SMILES string of the molecule is CC/C=C\C/C=C\C/C=C\C/C=C\C/C=C\C/C=C\C/C=C\C/C=C\C/C=C\CCCCCC(=O)OCC(COC(=O)CCCCCCCCC)OC(=O)CCCC/C=C\C/C=C\C/C=C\C/C=C\C/C=C\C/C=C\CC. The van der Waals surface area contributed by atoms with E-state index in [4.69, 9.17) is 14.2 Å². The molecule has 6 heteroatoms. The molecule has 0 N–H and O–H groups in total. The van der Waals surface area contributed by atoms with Gasteiger partial charge in [-0.3, -0.25) is 14.4 Å². The molecule has 0 aromatic rings. The second-order valence-corrected chi connectivity index (χ2v) is 19.1. The summed E-state index contributed by atoms with van der Waals surface area (Å²) in [4.78, 5) is 38.0. The molecule has 6 nitrogen and oxygen atoms in total. The summed E-state index contributed by atoms with van der Waals surface area (Å²) in [6.45, 7) is 6.28. The van der Waals surface area contributed by atoms with Gasteiger partial charge in [-0.25, -0.2) is 0 Å². The van der Waals surface area contributed by atoms with Gasteiger partial charge in [-0.1, -0.05) is 248 Å². The van der Waals surface area contributed by atoms with Crippen molar-refractivity contribution in [2.24, 2.45) is 0 Å². The average molecular weight is 1060 g/mol. The fourth-order valence-electron chi connectivity index (χ4n) is 7.44. The number of hydrogen-bond acceptors (Lipinski definition) is 6. The standard InChI is InChI=1S/C71H108O6/c1-4-7-10-13-16-18-20-22-24-26-28-30-31-32-33-34-35-36-37-38-39-41-42-44-46-48-50-52-55-58-61-64-70(73)76-67-68(66-75-69(72)63-60-57-54-15-12-9-6-3)77-71(74)65-62-59-56-53-51-49-47-45-43-40-29-27-25-23-21-19-17-14-11-8-5-2/h7-8,10-11,16-19,22-25,28-30,32-33,35-36,38-40,42,44-45,47-48,50-51,53,68H,4-6,9,12-15,20-21,26-27,31,34,37,41,43,46,49,52,54-67H2,1-3H3/b10-7-,11-8-,18-16-,19-17-,24-22-,25-23-,30-28-,33-32-,36-35-,39-38-,40-29-,44-42-,47-45-,50-48-,53-51-. The second kappa shape index (κ2) is 63.0. The summed E-state index contributed by atoms with van der Waals surface area (Å²) < 4.78 is 16.7. The summed E-state index contributed by atoms with van der Waals surface area (Å²) >= 11 is 0. The monoisotopic (exact) mass is 1060 g/mol. The Kier molecular flexibility index (Phi) is 58.6. The van der Waals surface area contributed by atoms with Gasteiger partial charge < -0.3 is 14.2 Å². The van der Waals surface area contributed by atoms with Gasteiger partial charge in [0.1, 0.15) is 13.2 Å². The zero-order valence-corrected chi connectivity index (χ0v) is 48.9. The van der Waals surface area contributed by atoms with Crippen LogP contribution in [0.15, 0.2) is 182 Å². The van der Waals surface area contributed by atoms with Gasteiger partial charge in [0, 0.05) is 19.3 Å². The summed E-state index contributed by atoms with van der Waals surface area (Å²) in [5.41, 5.74) is 0. The summed E-state index contributed by atoms with van der Waals surface area (Å²) in [5, 5.41) is 0. The number of hydrogen-bond donors (Lipinski definition) is 0. The van der Waals surface area contributed by atoms with Crippen LogP contribution in [0.5, 0.6) is 0 Å². The maximum atomic E-state index is 12.8. The number of carbonyl (C=O) groups is 3. The van der Waals surface area contributed by atoms with E-state index in [9.17, 15) is 14.4 Å². The van der Waals surface area contributed by atoms with Crippen LogP contribution in [0.3, 0.4) is 0 Å². The van der Waals surface area contributed by atoms with Gasteiger partial charge in [0.25, 0.3) is 0 Å². The Balaban J connectivity index is 4.36. The molecule has 0 aromatic heterocycles. The van der Waals surface area contributed by atoms with Gasteiger partial charge >= 0.3 is 17.9 Å². The normalized spacial score (nSPS) is 13.4. The van der Waals surface area contributed by atoms with Crippen molar-refractivity contribution < 1.29 is 28.6 Å². The molecule has 0 spiro atoms. The fraction of sp³-hybridized carbons (Fsp3) is 0.535. The van der Waals surface area contributed by atoms with Crippen LogP contribution in [-0.4, -0.2) is 37.2 Å². The Morgan fingerprint density at radius 3 is 0.818 bits per heavy atom. The van der Waals surface area contributed by atoms with Crippen molar-refractivity contribution in [3.63, 3.8) is 0 Å². The van der Waals surface area contributed by atoms with Crippen LogP contribution in [0.25, 0.3) is 0 Å². The van der Waals surface area contributed by atoms with Crippen molar-refractivity contribution in [3.8, 4) is 0 Å². The van der Waals surface area contributed by atoms with Crippen LogP contribution in [0.4, 0.5) is 0 Å². The van der Waals surface area contributed by atoms with Gasteiger partial charge in [-0.15, -0.1) is 0 Å². The molecule has 0 saturated heterocycles. The predicted octanol–water partition coefficient (Wildman–Crippen LogP) is 20.9. The molecule has 0 saturated carbocycles. The van der Waals surface area contributed by atoms with Crippen molar-refractivity contribution >= 4 is 17.9 Å². The van der Waals surface area contributed by atoms with Gasteiger partial charge in [-0.2, -0.15) is 0 Å². The van der Waals surface area contributed by atoms with Crippen LogP contribution in [-0.2, 0) is 28.6 Å². The minimum absolute atomic E-state index is 0.115. The molecule has 0 amide bonds. The zero-order valence-electron chi connectivity index (χ0n) is 48.9. The summed E-state index contributed by atoms with van der Waals surface area (Å²) in [7, 11) is 0. The lowest BCUT2D eigenvalue weighted by atomic mass is 10.1. The van der Waals surface area contributed by atoms with E-state index in [1.165, 1.54) is 25.7 Å². The van der Waals surface area contributed by atoms with Crippen LogP contribution in [0.2, 0.25) is 0 Å². The molecular formula is C71H108O6. The highest BCUT2D eigenvalue weighted by atomic mass is 16.6. The van der Waals surface area contributed by atoms with Gasteiger partial charge in [0.05, 0.1) is 0 Å². The quantitative estimate of drug-likeness (QED) is 0.0261. The van der Waals surface area contributed by atoms with E-state index in [0.717, 1.165) is 154 Å². The Morgan fingerprint density at radius 1 is 0.273 bits per heavy atom. The first-order valence-corrected chi connectivity index (χ1v) is 30.3. The molecule has 428 valence electrons. The minimum Gasteiger partial charge on any atom is -0.462 e. The average Bonchev–Trinajstić information content (AvgIpc) is 3.43. The molecule has 0 bridgehead atoms. The van der Waals surface area contributed by atoms with Crippen molar-refractivity contribution in [2.75, 3.05) is 13.2 Å². The van der Waals surface area contributed by atoms with E-state index >= 15 is 0 Å². The predicted molar refractivity (Wildman–Crippen MR) is 334 cm³/mol.